The monoisotopic (exact) mass is 165 g/mol. The first-order valence-corrected chi connectivity index (χ1v) is 4.59. The topological polar surface area (TPSA) is 53.0 Å². The lowest BCUT2D eigenvalue weighted by atomic mass is 9.61. The molecule has 2 aliphatic rings. The van der Waals surface area contributed by atoms with Gasteiger partial charge in [-0.3, -0.25) is 0 Å². The zero-order valence-corrected chi connectivity index (χ0v) is 7.29. The van der Waals surface area contributed by atoms with Crippen molar-refractivity contribution in [2.75, 3.05) is 19.6 Å². The predicted octanol–water partition coefficient (Wildman–Crippen LogP) is 0.323. The second-order valence-electron chi connectivity index (χ2n) is 4.29. The molecule has 0 aromatic rings. The van der Waals surface area contributed by atoms with E-state index in [0.717, 1.165) is 6.54 Å². The minimum atomic E-state index is 0.461. The SMILES string of the molecule is N#CCCN1CC2(CC(N)C2)C1. The summed E-state index contributed by atoms with van der Waals surface area (Å²) in [6.07, 6.45) is 3.08. The molecular formula is C9H15N3. The maximum absolute atomic E-state index is 8.38. The quantitative estimate of drug-likeness (QED) is 0.641. The van der Waals surface area contributed by atoms with E-state index in [1.54, 1.807) is 0 Å². The van der Waals surface area contributed by atoms with Crippen molar-refractivity contribution < 1.29 is 0 Å². The van der Waals surface area contributed by atoms with Crippen molar-refractivity contribution in [3.8, 4) is 6.07 Å². The molecule has 3 heteroatoms. The first-order valence-electron chi connectivity index (χ1n) is 4.59. The van der Waals surface area contributed by atoms with Crippen LogP contribution in [0.2, 0.25) is 0 Å². The van der Waals surface area contributed by atoms with E-state index in [2.05, 4.69) is 11.0 Å². The molecular weight excluding hydrogens is 150 g/mol. The van der Waals surface area contributed by atoms with E-state index in [4.69, 9.17) is 11.0 Å². The van der Waals surface area contributed by atoms with Crippen molar-refractivity contribution in [3.63, 3.8) is 0 Å². The number of rotatable bonds is 2. The van der Waals surface area contributed by atoms with Crippen LogP contribution < -0.4 is 5.73 Å². The largest absolute Gasteiger partial charge is 0.328 e. The van der Waals surface area contributed by atoms with Crippen LogP contribution in [-0.4, -0.2) is 30.6 Å². The summed E-state index contributed by atoms with van der Waals surface area (Å²) in [5.41, 5.74) is 6.32. The van der Waals surface area contributed by atoms with Crippen molar-refractivity contribution in [1.29, 1.82) is 5.26 Å². The molecule has 0 bridgehead atoms. The zero-order chi connectivity index (χ0) is 8.60. The van der Waals surface area contributed by atoms with Gasteiger partial charge >= 0.3 is 0 Å². The van der Waals surface area contributed by atoms with Crippen LogP contribution in [0, 0.1) is 16.7 Å². The normalized spacial score (nSPS) is 27.7. The summed E-state index contributed by atoms with van der Waals surface area (Å²) < 4.78 is 0. The number of nitriles is 1. The van der Waals surface area contributed by atoms with Crippen molar-refractivity contribution in [3.05, 3.63) is 0 Å². The molecule has 1 aliphatic heterocycles. The van der Waals surface area contributed by atoms with Crippen LogP contribution in [0.25, 0.3) is 0 Å². The van der Waals surface area contributed by atoms with Gasteiger partial charge in [-0.25, -0.2) is 0 Å². The van der Waals surface area contributed by atoms with Gasteiger partial charge in [-0.2, -0.15) is 5.26 Å². The van der Waals surface area contributed by atoms with E-state index < -0.39 is 0 Å². The Morgan fingerprint density at radius 2 is 2.17 bits per heavy atom. The Labute approximate surface area is 73.1 Å². The molecule has 0 unspecified atom stereocenters. The summed E-state index contributed by atoms with van der Waals surface area (Å²) in [4.78, 5) is 2.36. The smallest absolute Gasteiger partial charge is 0.0635 e. The van der Waals surface area contributed by atoms with E-state index in [1.165, 1.54) is 25.9 Å². The molecule has 1 heterocycles. The van der Waals surface area contributed by atoms with Crippen LogP contribution in [-0.2, 0) is 0 Å². The van der Waals surface area contributed by atoms with Gasteiger partial charge in [-0.15, -0.1) is 0 Å². The van der Waals surface area contributed by atoms with Gasteiger partial charge in [0.15, 0.2) is 0 Å². The van der Waals surface area contributed by atoms with Crippen molar-refractivity contribution in [2.45, 2.75) is 25.3 Å². The van der Waals surface area contributed by atoms with Gasteiger partial charge < -0.3 is 10.6 Å². The van der Waals surface area contributed by atoms with E-state index in [0.29, 0.717) is 17.9 Å². The Hall–Kier alpha value is -0.590. The van der Waals surface area contributed by atoms with Gasteiger partial charge in [0.2, 0.25) is 0 Å². The van der Waals surface area contributed by atoms with Crippen LogP contribution in [0.5, 0.6) is 0 Å². The van der Waals surface area contributed by atoms with Gasteiger partial charge in [0, 0.05) is 32.1 Å². The average Bonchev–Trinajstić information content (AvgIpc) is 1.91. The lowest BCUT2D eigenvalue weighted by Crippen LogP contribution is -2.65. The Bertz CT molecular complexity index is 204. The summed E-state index contributed by atoms with van der Waals surface area (Å²) in [5, 5.41) is 8.38. The number of hydrogen-bond acceptors (Lipinski definition) is 3. The third-order valence-corrected chi connectivity index (χ3v) is 3.05. The first-order chi connectivity index (χ1) is 5.74. The van der Waals surface area contributed by atoms with Crippen LogP contribution in [0.4, 0.5) is 0 Å². The van der Waals surface area contributed by atoms with Crippen LogP contribution in [0.15, 0.2) is 0 Å². The molecule has 1 spiro atoms. The second-order valence-corrected chi connectivity index (χ2v) is 4.29. The van der Waals surface area contributed by atoms with Gasteiger partial charge in [0.1, 0.15) is 0 Å². The fourth-order valence-corrected chi connectivity index (χ4v) is 2.58. The summed E-state index contributed by atoms with van der Waals surface area (Å²) >= 11 is 0. The van der Waals surface area contributed by atoms with Gasteiger partial charge in [-0.1, -0.05) is 0 Å². The maximum atomic E-state index is 8.38. The number of nitrogens with two attached hydrogens (primary N) is 1. The molecule has 3 nitrogen and oxygen atoms in total. The van der Waals surface area contributed by atoms with E-state index >= 15 is 0 Å². The minimum Gasteiger partial charge on any atom is -0.328 e. The van der Waals surface area contributed by atoms with Crippen LogP contribution in [0.3, 0.4) is 0 Å². The summed E-state index contributed by atoms with van der Waals surface area (Å²) in [6.45, 7) is 3.32. The number of nitrogens with zero attached hydrogens (tertiary/aromatic N) is 2. The van der Waals surface area contributed by atoms with E-state index in [1.807, 2.05) is 0 Å². The molecule has 0 amide bonds. The van der Waals surface area contributed by atoms with Crippen molar-refractivity contribution in [2.24, 2.45) is 11.1 Å². The molecule has 2 fully saturated rings. The molecule has 2 N–H and O–H groups in total. The highest BCUT2D eigenvalue weighted by Gasteiger charge is 2.50. The second kappa shape index (κ2) is 2.72. The summed E-state index contributed by atoms with van der Waals surface area (Å²) in [7, 11) is 0. The number of hydrogen-bond donors (Lipinski definition) is 1. The van der Waals surface area contributed by atoms with Gasteiger partial charge in [0.25, 0.3) is 0 Å². The number of likely N-dealkylation sites (tertiary alicyclic amines) is 1. The van der Waals surface area contributed by atoms with Crippen LogP contribution >= 0.6 is 0 Å². The van der Waals surface area contributed by atoms with Crippen molar-refractivity contribution >= 4 is 0 Å². The molecule has 12 heavy (non-hydrogen) atoms. The third kappa shape index (κ3) is 1.21. The molecule has 0 atom stereocenters. The van der Waals surface area contributed by atoms with Gasteiger partial charge in [-0.05, 0) is 18.3 Å². The Kier molecular flexibility index (Phi) is 1.82. The molecule has 1 aliphatic carbocycles. The molecule has 0 radical (unpaired) electrons. The molecule has 1 saturated carbocycles. The Balaban J connectivity index is 1.68. The van der Waals surface area contributed by atoms with Crippen molar-refractivity contribution in [1.82, 2.24) is 4.90 Å². The average molecular weight is 165 g/mol. The van der Waals surface area contributed by atoms with E-state index in [9.17, 15) is 0 Å². The summed E-state index contributed by atoms with van der Waals surface area (Å²) in [6, 6.07) is 2.63. The zero-order valence-electron chi connectivity index (χ0n) is 7.29. The fourth-order valence-electron chi connectivity index (χ4n) is 2.58. The van der Waals surface area contributed by atoms with Gasteiger partial charge in [0.05, 0.1) is 6.07 Å². The van der Waals surface area contributed by atoms with Crippen LogP contribution in [0.1, 0.15) is 19.3 Å². The molecule has 66 valence electrons. The molecule has 0 aromatic carbocycles. The molecule has 0 aromatic heterocycles. The maximum Gasteiger partial charge on any atom is 0.0635 e. The minimum absolute atomic E-state index is 0.461. The first kappa shape index (κ1) is 8.03. The van der Waals surface area contributed by atoms with E-state index in [-0.39, 0.29) is 0 Å². The molecule has 2 rings (SSSR count). The molecule has 1 saturated heterocycles. The summed E-state index contributed by atoms with van der Waals surface area (Å²) in [5.74, 6) is 0. The Morgan fingerprint density at radius 1 is 1.50 bits per heavy atom. The highest BCUT2D eigenvalue weighted by atomic mass is 15.2. The lowest BCUT2D eigenvalue weighted by Gasteiger charge is -2.58. The highest BCUT2D eigenvalue weighted by molar-refractivity contribution is 5.06. The third-order valence-electron chi connectivity index (χ3n) is 3.05. The standard InChI is InChI=1S/C9H15N3/c10-2-1-3-12-6-9(7-12)4-8(11)5-9/h8H,1,3-7,11H2. The lowest BCUT2D eigenvalue weighted by molar-refractivity contribution is -0.0693. The predicted molar refractivity (Wildman–Crippen MR) is 46.3 cm³/mol. The Morgan fingerprint density at radius 3 is 2.67 bits per heavy atom. The highest BCUT2D eigenvalue weighted by Crippen LogP contribution is 2.47. The fraction of sp³-hybridized carbons (Fsp3) is 0.889.